The minimum atomic E-state index is -1.02. The van der Waals surface area contributed by atoms with Gasteiger partial charge in [-0.05, 0) is 28.7 Å². The molecule has 1 rings (SSSR count). The van der Waals surface area contributed by atoms with Crippen molar-refractivity contribution in [3.63, 3.8) is 0 Å². The van der Waals surface area contributed by atoms with Crippen molar-refractivity contribution in [2.45, 2.75) is 0 Å². The molecule has 0 bridgehead atoms. The molecule has 0 saturated heterocycles. The van der Waals surface area contributed by atoms with Gasteiger partial charge in [0.2, 0.25) is 0 Å². The van der Waals surface area contributed by atoms with E-state index in [0.29, 0.717) is 12.1 Å². The smallest absolute Gasteiger partial charge is 0.329 e. The van der Waals surface area contributed by atoms with Crippen LogP contribution in [0.5, 0.6) is 0 Å². The van der Waals surface area contributed by atoms with Gasteiger partial charge in [0, 0.05) is 11.9 Å². The first-order chi connectivity index (χ1) is 7.59. The van der Waals surface area contributed by atoms with Crippen molar-refractivity contribution < 1.29 is 19.4 Å². The van der Waals surface area contributed by atoms with Crippen LogP contribution in [0.25, 0.3) is 0 Å². The second-order valence-corrected chi connectivity index (χ2v) is 5.65. The molecule has 0 aromatic carbocycles. The minimum Gasteiger partial charge on any atom is -0.480 e. The molecule has 0 aliphatic heterocycles. The van der Waals surface area contributed by atoms with Crippen molar-refractivity contribution in [2.75, 3.05) is 19.8 Å². The van der Waals surface area contributed by atoms with Crippen LogP contribution in [-0.2, 0) is 9.53 Å². The number of hydrogen-bond donors (Lipinski definition) is 2. The number of carbonyl (C=O) groups excluding carboxylic acids is 1. The number of thiophene rings is 1. The maximum Gasteiger partial charge on any atom is 0.329 e. The Morgan fingerprint density at radius 2 is 2.31 bits per heavy atom. The number of carbonyl (C=O) groups is 2. The van der Waals surface area contributed by atoms with E-state index in [4.69, 9.17) is 9.84 Å². The molecule has 7 heteroatoms. The van der Waals surface area contributed by atoms with E-state index >= 15 is 0 Å². The summed E-state index contributed by atoms with van der Waals surface area (Å²) in [6, 6.07) is 1.79. The molecule has 1 aromatic heterocycles. The molecule has 0 fully saturated rings. The molecular weight excluding hydrogens is 345 g/mol. The van der Waals surface area contributed by atoms with Gasteiger partial charge in [-0.1, -0.05) is 0 Å². The van der Waals surface area contributed by atoms with Gasteiger partial charge in [0.25, 0.3) is 5.91 Å². The summed E-state index contributed by atoms with van der Waals surface area (Å²) in [5.41, 5.74) is 0.618. The largest absolute Gasteiger partial charge is 0.480 e. The first kappa shape index (κ1) is 13.4. The quantitative estimate of drug-likeness (QED) is 0.594. The average Bonchev–Trinajstić information content (AvgIpc) is 2.63. The number of halogens is 1. The zero-order valence-corrected chi connectivity index (χ0v) is 11.2. The highest BCUT2D eigenvalue weighted by Crippen LogP contribution is 2.16. The number of carboxylic acids is 1. The molecule has 0 unspecified atom stereocenters. The lowest BCUT2D eigenvalue weighted by molar-refractivity contribution is -0.142. The summed E-state index contributed by atoms with van der Waals surface area (Å²) < 4.78 is 5.82. The Morgan fingerprint density at radius 1 is 1.56 bits per heavy atom. The molecule has 0 saturated carbocycles. The number of hydrogen-bond acceptors (Lipinski definition) is 4. The number of carboxylic acid groups (broad SMARTS) is 1. The third-order valence-electron chi connectivity index (χ3n) is 1.59. The molecule has 0 atom stereocenters. The number of amides is 1. The highest BCUT2D eigenvalue weighted by Gasteiger charge is 2.06. The Morgan fingerprint density at radius 3 is 2.88 bits per heavy atom. The molecule has 0 spiro atoms. The second-order valence-electron chi connectivity index (χ2n) is 2.84. The monoisotopic (exact) mass is 355 g/mol. The molecule has 2 N–H and O–H groups in total. The van der Waals surface area contributed by atoms with Gasteiger partial charge in [0.15, 0.2) is 0 Å². The van der Waals surface area contributed by atoms with Crippen LogP contribution in [0, 0.1) is 2.88 Å². The van der Waals surface area contributed by atoms with Gasteiger partial charge in [0.1, 0.15) is 6.61 Å². The van der Waals surface area contributed by atoms with Crippen LogP contribution in [0.15, 0.2) is 11.4 Å². The molecule has 1 heterocycles. The number of rotatable bonds is 6. The topological polar surface area (TPSA) is 75.6 Å². The van der Waals surface area contributed by atoms with E-state index in [1.807, 2.05) is 0 Å². The molecule has 1 amide bonds. The highest BCUT2D eigenvalue weighted by molar-refractivity contribution is 14.1. The average molecular weight is 355 g/mol. The Labute approximate surface area is 110 Å². The van der Waals surface area contributed by atoms with Crippen molar-refractivity contribution in [1.29, 1.82) is 0 Å². The number of aliphatic carboxylic acids is 1. The van der Waals surface area contributed by atoms with Gasteiger partial charge in [-0.25, -0.2) is 4.79 Å². The number of ether oxygens (including phenoxy) is 1. The Bertz CT molecular complexity index is 379. The predicted octanol–water partition coefficient (Wildman–Crippen LogP) is 1.18. The SMILES string of the molecule is O=C(O)COCCNC(=O)c1csc(I)c1. The van der Waals surface area contributed by atoms with Crippen LogP contribution in [0.1, 0.15) is 10.4 Å². The maximum absolute atomic E-state index is 11.5. The Kier molecular flexibility index (Phi) is 5.71. The lowest BCUT2D eigenvalue weighted by atomic mass is 10.3. The Balaban J connectivity index is 2.18. The summed E-state index contributed by atoms with van der Waals surface area (Å²) in [5, 5.41) is 12.7. The van der Waals surface area contributed by atoms with E-state index in [1.54, 1.807) is 11.4 Å². The van der Waals surface area contributed by atoms with E-state index < -0.39 is 5.97 Å². The lowest BCUT2D eigenvalue weighted by Crippen LogP contribution is -2.27. The second kappa shape index (κ2) is 6.81. The van der Waals surface area contributed by atoms with E-state index in [2.05, 4.69) is 27.9 Å². The summed E-state index contributed by atoms with van der Waals surface area (Å²) in [6.45, 7) is 0.157. The van der Waals surface area contributed by atoms with Crippen molar-refractivity contribution >= 4 is 45.8 Å². The molecule has 0 radical (unpaired) electrons. The Hall–Kier alpha value is -0.670. The van der Waals surface area contributed by atoms with Crippen molar-refractivity contribution in [2.24, 2.45) is 0 Å². The van der Waals surface area contributed by atoms with Gasteiger partial charge in [-0.3, -0.25) is 4.79 Å². The summed E-state index contributed by atoms with van der Waals surface area (Å²) >= 11 is 3.64. The lowest BCUT2D eigenvalue weighted by Gasteiger charge is -2.03. The molecule has 5 nitrogen and oxygen atoms in total. The third-order valence-corrected chi connectivity index (χ3v) is 3.38. The van der Waals surface area contributed by atoms with Gasteiger partial charge in [-0.2, -0.15) is 0 Å². The van der Waals surface area contributed by atoms with E-state index in [0.717, 1.165) is 2.88 Å². The van der Waals surface area contributed by atoms with E-state index in [1.165, 1.54) is 11.3 Å². The molecule has 88 valence electrons. The van der Waals surface area contributed by atoms with Crippen molar-refractivity contribution in [1.82, 2.24) is 5.32 Å². The van der Waals surface area contributed by atoms with E-state index in [9.17, 15) is 9.59 Å². The van der Waals surface area contributed by atoms with Crippen molar-refractivity contribution in [3.8, 4) is 0 Å². The maximum atomic E-state index is 11.5. The normalized spacial score (nSPS) is 10.1. The van der Waals surface area contributed by atoms with Crippen LogP contribution >= 0.6 is 33.9 Å². The van der Waals surface area contributed by atoms with Gasteiger partial charge >= 0.3 is 5.97 Å². The molecule has 0 aliphatic carbocycles. The van der Waals surface area contributed by atoms with Crippen LogP contribution < -0.4 is 5.32 Å². The summed E-state index contributed by atoms with van der Waals surface area (Å²) in [6.07, 6.45) is 0. The van der Waals surface area contributed by atoms with Crippen molar-refractivity contribution in [3.05, 3.63) is 19.9 Å². The van der Waals surface area contributed by atoms with Gasteiger partial charge in [0.05, 0.1) is 15.1 Å². The summed E-state index contributed by atoms with van der Waals surface area (Å²) in [7, 11) is 0. The zero-order chi connectivity index (χ0) is 12.0. The fourth-order valence-electron chi connectivity index (χ4n) is 0.927. The van der Waals surface area contributed by atoms with Gasteiger partial charge in [-0.15, -0.1) is 11.3 Å². The van der Waals surface area contributed by atoms with Crippen LogP contribution in [0.2, 0.25) is 0 Å². The van der Waals surface area contributed by atoms with Crippen LogP contribution in [0.4, 0.5) is 0 Å². The number of nitrogens with one attached hydrogen (secondary N) is 1. The van der Waals surface area contributed by atoms with E-state index in [-0.39, 0.29) is 19.1 Å². The molecule has 0 aliphatic rings. The molecular formula is C9H10INO4S. The molecule has 16 heavy (non-hydrogen) atoms. The fraction of sp³-hybridized carbons (Fsp3) is 0.333. The fourth-order valence-corrected chi connectivity index (χ4v) is 2.25. The predicted molar refractivity (Wildman–Crippen MR) is 67.8 cm³/mol. The third kappa shape index (κ3) is 4.90. The minimum absolute atomic E-state index is 0.168. The zero-order valence-electron chi connectivity index (χ0n) is 8.23. The highest BCUT2D eigenvalue weighted by atomic mass is 127. The first-order valence-corrected chi connectivity index (χ1v) is 6.37. The molecule has 1 aromatic rings. The standard InChI is InChI=1S/C9H10INO4S/c10-7-3-6(5-16-7)9(14)11-1-2-15-4-8(12)13/h3,5H,1-2,4H2,(H,11,14)(H,12,13). The van der Waals surface area contributed by atoms with Crippen LogP contribution in [-0.4, -0.2) is 36.7 Å². The van der Waals surface area contributed by atoms with Crippen LogP contribution in [0.3, 0.4) is 0 Å². The summed E-state index contributed by atoms with van der Waals surface area (Å²) in [4.78, 5) is 21.6. The summed E-state index contributed by atoms with van der Waals surface area (Å²) in [5.74, 6) is -1.18. The van der Waals surface area contributed by atoms with Gasteiger partial charge < -0.3 is 15.2 Å². The first-order valence-electron chi connectivity index (χ1n) is 4.41.